The van der Waals surface area contributed by atoms with Crippen LogP contribution in [0.25, 0.3) is 5.57 Å². The molecule has 0 saturated carbocycles. The van der Waals surface area contributed by atoms with Crippen molar-refractivity contribution in [2.75, 3.05) is 0 Å². The van der Waals surface area contributed by atoms with Gasteiger partial charge in [-0.3, -0.25) is 0 Å². The van der Waals surface area contributed by atoms with E-state index in [4.69, 9.17) is 5.11 Å². The highest BCUT2D eigenvalue weighted by Gasteiger charge is 2.10. The van der Waals surface area contributed by atoms with Crippen molar-refractivity contribution in [1.29, 1.82) is 0 Å². The number of unbranched alkanes of at least 4 members (excludes halogenated alkanes) is 1. The van der Waals surface area contributed by atoms with Gasteiger partial charge in [-0.25, -0.2) is 4.79 Å². The van der Waals surface area contributed by atoms with E-state index >= 15 is 0 Å². The van der Waals surface area contributed by atoms with Gasteiger partial charge in [0, 0.05) is 9.79 Å². The van der Waals surface area contributed by atoms with E-state index in [1.165, 1.54) is 10.5 Å². The molecular formula is C20H22O2S. The number of aryl methyl sites for hydroxylation is 1. The summed E-state index contributed by atoms with van der Waals surface area (Å²) in [6.45, 7) is 8.36. The van der Waals surface area contributed by atoms with E-state index in [2.05, 4.69) is 25.6 Å². The maximum Gasteiger partial charge on any atom is 0.335 e. The number of carbonyl (C=O) groups is 1. The van der Waals surface area contributed by atoms with Crippen LogP contribution in [0.2, 0.25) is 0 Å². The first-order valence-corrected chi connectivity index (χ1v) is 8.63. The molecule has 0 amide bonds. The van der Waals surface area contributed by atoms with E-state index < -0.39 is 5.97 Å². The van der Waals surface area contributed by atoms with Gasteiger partial charge in [-0.15, -0.1) is 0 Å². The molecule has 0 fully saturated rings. The molecule has 2 aromatic rings. The van der Waals surface area contributed by atoms with Crippen LogP contribution >= 0.6 is 11.8 Å². The predicted octanol–water partition coefficient (Wildman–Crippen LogP) is 6.05. The highest BCUT2D eigenvalue weighted by Crippen LogP contribution is 2.36. The Hall–Kier alpha value is -2.00. The summed E-state index contributed by atoms with van der Waals surface area (Å²) in [5.74, 6) is -0.891. The molecule has 0 unspecified atom stereocenters. The number of hydrogen-bond acceptors (Lipinski definition) is 2. The summed E-state index contributed by atoms with van der Waals surface area (Å²) < 4.78 is 0. The highest BCUT2D eigenvalue weighted by molar-refractivity contribution is 7.99. The summed E-state index contributed by atoms with van der Waals surface area (Å²) in [6, 6.07) is 13.5. The Morgan fingerprint density at radius 1 is 1.17 bits per heavy atom. The first-order valence-electron chi connectivity index (χ1n) is 7.82. The lowest BCUT2D eigenvalue weighted by atomic mass is 10.0. The van der Waals surface area contributed by atoms with Crippen LogP contribution in [0.1, 0.15) is 47.7 Å². The first kappa shape index (κ1) is 17.4. The average Bonchev–Trinajstić information content (AvgIpc) is 2.54. The van der Waals surface area contributed by atoms with Gasteiger partial charge in [0.1, 0.15) is 0 Å². The van der Waals surface area contributed by atoms with Gasteiger partial charge in [0.15, 0.2) is 0 Å². The lowest BCUT2D eigenvalue weighted by Crippen LogP contribution is -1.97. The molecular weight excluding hydrogens is 304 g/mol. The van der Waals surface area contributed by atoms with Crippen LogP contribution in [0.3, 0.4) is 0 Å². The molecule has 0 spiro atoms. The van der Waals surface area contributed by atoms with E-state index in [1.54, 1.807) is 23.9 Å². The third-order valence-corrected chi connectivity index (χ3v) is 5.00. The Bertz CT molecular complexity index is 719. The molecule has 120 valence electrons. The molecule has 2 nitrogen and oxygen atoms in total. The summed E-state index contributed by atoms with van der Waals surface area (Å²) in [6.07, 6.45) is 3.30. The number of allylic oxidation sites excluding steroid dienone is 1. The molecule has 2 aromatic carbocycles. The third kappa shape index (κ3) is 4.49. The molecule has 0 radical (unpaired) electrons. The Balaban J connectivity index is 2.27. The van der Waals surface area contributed by atoms with E-state index in [1.807, 2.05) is 25.1 Å². The highest BCUT2D eigenvalue weighted by atomic mass is 32.2. The van der Waals surface area contributed by atoms with Crippen LogP contribution in [-0.2, 0) is 0 Å². The number of benzene rings is 2. The molecule has 23 heavy (non-hydrogen) atoms. The van der Waals surface area contributed by atoms with Gasteiger partial charge in [0.2, 0.25) is 0 Å². The zero-order valence-electron chi connectivity index (χ0n) is 13.6. The van der Waals surface area contributed by atoms with Crippen LogP contribution < -0.4 is 0 Å². The Morgan fingerprint density at radius 2 is 1.91 bits per heavy atom. The molecule has 3 heteroatoms. The summed E-state index contributed by atoms with van der Waals surface area (Å²) >= 11 is 1.67. The van der Waals surface area contributed by atoms with E-state index in [0.29, 0.717) is 5.56 Å². The first-order chi connectivity index (χ1) is 11.0. The van der Waals surface area contributed by atoms with Crippen LogP contribution in [-0.4, -0.2) is 11.1 Å². The fourth-order valence-corrected chi connectivity index (χ4v) is 3.45. The largest absolute Gasteiger partial charge is 0.478 e. The molecule has 0 heterocycles. The van der Waals surface area contributed by atoms with Crippen molar-refractivity contribution < 1.29 is 9.90 Å². The fourth-order valence-electron chi connectivity index (χ4n) is 2.39. The van der Waals surface area contributed by atoms with E-state index in [9.17, 15) is 4.79 Å². The molecule has 0 aromatic heterocycles. The van der Waals surface area contributed by atoms with Crippen molar-refractivity contribution >= 4 is 23.3 Å². The predicted molar refractivity (Wildman–Crippen MR) is 97.3 cm³/mol. The minimum Gasteiger partial charge on any atom is -0.478 e. The smallest absolute Gasteiger partial charge is 0.335 e. The molecule has 1 N–H and O–H groups in total. The Morgan fingerprint density at radius 3 is 2.57 bits per heavy atom. The molecule has 0 aliphatic carbocycles. The second kappa shape index (κ2) is 8.02. The third-order valence-electron chi connectivity index (χ3n) is 3.74. The van der Waals surface area contributed by atoms with Crippen molar-refractivity contribution in [3.05, 3.63) is 65.7 Å². The minimum atomic E-state index is -0.891. The summed E-state index contributed by atoms with van der Waals surface area (Å²) in [5.41, 5.74) is 3.65. The summed E-state index contributed by atoms with van der Waals surface area (Å²) in [4.78, 5) is 13.3. The van der Waals surface area contributed by atoms with Crippen molar-refractivity contribution in [3.8, 4) is 0 Å². The molecule has 0 saturated heterocycles. The van der Waals surface area contributed by atoms with E-state index in [-0.39, 0.29) is 0 Å². The number of aromatic carboxylic acids is 1. The zero-order chi connectivity index (χ0) is 16.8. The lowest BCUT2D eigenvalue weighted by molar-refractivity contribution is 0.0696. The fraction of sp³-hybridized carbons (Fsp3) is 0.250. The normalized spacial score (nSPS) is 10.5. The van der Waals surface area contributed by atoms with Gasteiger partial charge in [0.25, 0.3) is 0 Å². The quantitative estimate of drug-likeness (QED) is 0.673. The Kier molecular flexibility index (Phi) is 6.05. The average molecular weight is 326 g/mol. The van der Waals surface area contributed by atoms with Gasteiger partial charge in [-0.05, 0) is 60.7 Å². The number of hydrogen-bond donors (Lipinski definition) is 1. The monoisotopic (exact) mass is 326 g/mol. The lowest BCUT2D eigenvalue weighted by Gasteiger charge is -2.13. The minimum absolute atomic E-state index is 0.326. The summed E-state index contributed by atoms with van der Waals surface area (Å²) in [5, 5.41) is 9.07. The molecule has 0 atom stereocenters. The maximum atomic E-state index is 11.0. The molecule has 0 aliphatic rings. The number of rotatable bonds is 7. The van der Waals surface area contributed by atoms with Crippen molar-refractivity contribution in [1.82, 2.24) is 0 Å². The van der Waals surface area contributed by atoms with Crippen LogP contribution in [0, 0.1) is 6.92 Å². The molecule has 0 aliphatic heterocycles. The zero-order valence-corrected chi connectivity index (χ0v) is 14.5. The van der Waals surface area contributed by atoms with E-state index in [0.717, 1.165) is 35.3 Å². The van der Waals surface area contributed by atoms with Crippen LogP contribution in [0.4, 0.5) is 0 Å². The van der Waals surface area contributed by atoms with Crippen molar-refractivity contribution in [2.45, 2.75) is 42.9 Å². The topological polar surface area (TPSA) is 37.3 Å². The van der Waals surface area contributed by atoms with Crippen molar-refractivity contribution in [2.24, 2.45) is 0 Å². The van der Waals surface area contributed by atoms with Gasteiger partial charge in [0.05, 0.1) is 5.56 Å². The number of carboxylic acids is 1. The second-order valence-corrected chi connectivity index (χ2v) is 6.67. The SMILES string of the molecule is C=C(CCCC)c1ccccc1Sc1ccc(C(=O)O)cc1C. The van der Waals surface area contributed by atoms with Gasteiger partial charge in [-0.1, -0.05) is 49.9 Å². The molecule has 2 rings (SSSR count). The standard InChI is InChI=1S/C20H22O2S/c1-4-5-8-14(2)17-9-6-7-10-19(17)23-18-12-11-16(20(21)22)13-15(18)3/h6-7,9-13H,2,4-5,8H2,1,3H3,(H,21,22). The molecule has 0 bridgehead atoms. The van der Waals surface area contributed by atoms with Crippen LogP contribution in [0.5, 0.6) is 0 Å². The maximum absolute atomic E-state index is 11.0. The summed E-state index contributed by atoms with van der Waals surface area (Å²) in [7, 11) is 0. The van der Waals surface area contributed by atoms with Crippen LogP contribution in [0.15, 0.2) is 58.8 Å². The van der Waals surface area contributed by atoms with Gasteiger partial charge in [-0.2, -0.15) is 0 Å². The Labute approximate surface area is 142 Å². The van der Waals surface area contributed by atoms with Gasteiger partial charge < -0.3 is 5.11 Å². The van der Waals surface area contributed by atoms with Gasteiger partial charge >= 0.3 is 5.97 Å². The van der Waals surface area contributed by atoms with Crippen molar-refractivity contribution in [3.63, 3.8) is 0 Å². The number of carboxylic acid groups (broad SMARTS) is 1. The second-order valence-electron chi connectivity index (χ2n) is 5.59.